The number of pyridine rings is 1. The summed E-state index contributed by atoms with van der Waals surface area (Å²) < 4.78 is 7.14. The third-order valence-electron chi connectivity index (χ3n) is 3.91. The summed E-state index contributed by atoms with van der Waals surface area (Å²) in [6, 6.07) is 2.02. The number of hydrogen-bond donors (Lipinski definition) is 0. The van der Waals surface area contributed by atoms with Crippen LogP contribution in [0.1, 0.15) is 18.5 Å². The van der Waals surface area contributed by atoms with Crippen molar-refractivity contribution in [1.82, 2.24) is 19.9 Å². The molecule has 6 nitrogen and oxygen atoms in total. The molecule has 1 saturated heterocycles. The number of hydrogen-bond acceptors (Lipinski definition) is 7. The molecule has 23 heavy (non-hydrogen) atoms. The molecule has 0 unspecified atom stereocenters. The normalized spacial score (nSPS) is 16.0. The first kappa shape index (κ1) is 14.3. The molecule has 0 radical (unpaired) electrons. The molecule has 3 aromatic rings. The lowest BCUT2D eigenvalue weighted by molar-refractivity contribution is 0.163. The van der Waals surface area contributed by atoms with Gasteiger partial charge in [0.15, 0.2) is 5.13 Å². The molecule has 0 aromatic carbocycles. The van der Waals surface area contributed by atoms with E-state index >= 15 is 0 Å². The van der Waals surface area contributed by atoms with E-state index in [1.807, 2.05) is 25.4 Å². The molecule has 4 heterocycles. The van der Waals surface area contributed by atoms with Gasteiger partial charge in [0, 0.05) is 38.3 Å². The van der Waals surface area contributed by atoms with Gasteiger partial charge in [-0.2, -0.15) is 0 Å². The molecule has 4 rings (SSSR count). The summed E-state index contributed by atoms with van der Waals surface area (Å²) in [5.41, 5.74) is 1.85. The Bertz CT molecular complexity index is 780. The van der Waals surface area contributed by atoms with Gasteiger partial charge in [0.2, 0.25) is 5.88 Å². The zero-order chi connectivity index (χ0) is 15.6. The second-order valence-electron chi connectivity index (χ2n) is 5.64. The Balaban J connectivity index is 1.40. The monoisotopic (exact) mass is 327 g/mol. The van der Waals surface area contributed by atoms with Crippen molar-refractivity contribution in [2.75, 3.05) is 18.0 Å². The van der Waals surface area contributed by atoms with E-state index in [1.165, 1.54) is 4.70 Å². The Labute approximate surface area is 138 Å². The first-order valence-corrected chi connectivity index (χ1v) is 8.50. The fourth-order valence-electron chi connectivity index (χ4n) is 2.74. The number of rotatable bonds is 3. The van der Waals surface area contributed by atoms with Gasteiger partial charge in [-0.1, -0.05) is 11.3 Å². The van der Waals surface area contributed by atoms with Crippen LogP contribution in [0.4, 0.5) is 5.13 Å². The molecule has 0 N–H and O–H groups in total. The molecule has 3 aromatic heterocycles. The van der Waals surface area contributed by atoms with Crippen LogP contribution in [-0.4, -0.2) is 39.1 Å². The second-order valence-corrected chi connectivity index (χ2v) is 6.65. The van der Waals surface area contributed by atoms with Crippen LogP contribution >= 0.6 is 11.3 Å². The molecular formula is C16H17N5OS. The Morgan fingerprint density at radius 2 is 2.00 bits per heavy atom. The highest BCUT2D eigenvalue weighted by atomic mass is 32.1. The van der Waals surface area contributed by atoms with Crippen LogP contribution in [0.15, 0.2) is 30.9 Å². The first-order valence-electron chi connectivity index (χ1n) is 7.69. The largest absolute Gasteiger partial charge is 0.473 e. The highest BCUT2D eigenvalue weighted by Crippen LogP contribution is 2.30. The van der Waals surface area contributed by atoms with E-state index < -0.39 is 0 Å². The lowest BCUT2D eigenvalue weighted by Crippen LogP contribution is -2.38. The lowest BCUT2D eigenvalue weighted by atomic mass is 10.1. The van der Waals surface area contributed by atoms with Crippen LogP contribution < -0.4 is 9.64 Å². The van der Waals surface area contributed by atoms with E-state index in [4.69, 9.17) is 4.74 Å². The Kier molecular flexibility index (Phi) is 3.78. The van der Waals surface area contributed by atoms with Gasteiger partial charge in [0.1, 0.15) is 11.6 Å². The van der Waals surface area contributed by atoms with Crippen LogP contribution in [0, 0.1) is 6.92 Å². The molecule has 118 valence electrons. The van der Waals surface area contributed by atoms with Crippen molar-refractivity contribution in [1.29, 1.82) is 0 Å². The summed E-state index contributed by atoms with van der Waals surface area (Å²) >= 11 is 1.72. The zero-order valence-electron chi connectivity index (χ0n) is 12.8. The predicted molar refractivity (Wildman–Crippen MR) is 90.0 cm³/mol. The van der Waals surface area contributed by atoms with Crippen molar-refractivity contribution in [3.8, 4) is 5.88 Å². The van der Waals surface area contributed by atoms with Crippen LogP contribution in [0.5, 0.6) is 5.88 Å². The van der Waals surface area contributed by atoms with Crippen molar-refractivity contribution < 1.29 is 4.74 Å². The topological polar surface area (TPSA) is 64.0 Å². The fraction of sp³-hybridized carbons (Fsp3) is 0.375. The summed E-state index contributed by atoms with van der Waals surface area (Å²) in [6.07, 6.45) is 9.16. The van der Waals surface area contributed by atoms with Crippen molar-refractivity contribution in [3.05, 3.63) is 36.5 Å². The number of anilines is 1. The van der Waals surface area contributed by atoms with E-state index in [0.717, 1.165) is 42.3 Å². The maximum absolute atomic E-state index is 5.95. The number of thiazole rings is 1. The second kappa shape index (κ2) is 6.08. The summed E-state index contributed by atoms with van der Waals surface area (Å²) in [5, 5.41) is 1.07. The number of ether oxygens (including phenoxy) is 1. The third-order valence-corrected chi connectivity index (χ3v) is 5.01. The molecule has 0 saturated carbocycles. The van der Waals surface area contributed by atoms with Gasteiger partial charge >= 0.3 is 0 Å². The molecule has 1 aliphatic heterocycles. The Morgan fingerprint density at radius 1 is 1.13 bits per heavy atom. The van der Waals surface area contributed by atoms with E-state index in [1.54, 1.807) is 23.7 Å². The van der Waals surface area contributed by atoms with Crippen molar-refractivity contribution in [2.24, 2.45) is 0 Å². The standard InChI is InChI=1S/C16H17N5OS/c1-11-8-18-10-15(19-11)22-12-3-6-21(7-4-12)16-20-13-9-17-5-2-14(13)23-16/h2,5,8-10,12H,3-4,6-7H2,1H3. The van der Waals surface area contributed by atoms with Gasteiger partial charge in [0.05, 0.1) is 22.8 Å². The zero-order valence-corrected chi connectivity index (χ0v) is 13.7. The van der Waals surface area contributed by atoms with Gasteiger partial charge in [-0.15, -0.1) is 0 Å². The number of aryl methyl sites for hydroxylation is 1. The van der Waals surface area contributed by atoms with E-state index in [0.29, 0.717) is 5.88 Å². The Morgan fingerprint density at radius 3 is 2.78 bits per heavy atom. The Hall–Kier alpha value is -2.28. The SMILES string of the molecule is Cc1cncc(OC2CCN(c3nc4cnccc4s3)CC2)n1. The molecule has 0 aliphatic carbocycles. The van der Waals surface area contributed by atoms with E-state index in [2.05, 4.69) is 24.8 Å². The average Bonchev–Trinajstić information content (AvgIpc) is 2.99. The molecule has 0 spiro atoms. The predicted octanol–water partition coefficient (Wildman–Crippen LogP) is 2.84. The lowest BCUT2D eigenvalue weighted by Gasteiger charge is -2.31. The fourth-order valence-corrected chi connectivity index (χ4v) is 3.72. The van der Waals surface area contributed by atoms with Crippen molar-refractivity contribution >= 4 is 26.7 Å². The van der Waals surface area contributed by atoms with Crippen LogP contribution in [0.25, 0.3) is 10.2 Å². The minimum atomic E-state index is 0.193. The van der Waals surface area contributed by atoms with Gasteiger partial charge < -0.3 is 9.64 Å². The van der Waals surface area contributed by atoms with Crippen molar-refractivity contribution in [2.45, 2.75) is 25.9 Å². The smallest absolute Gasteiger partial charge is 0.232 e. The molecule has 1 fully saturated rings. The molecule has 0 bridgehead atoms. The first-order chi connectivity index (χ1) is 11.3. The summed E-state index contributed by atoms with van der Waals surface area (Å²) in [6.45, 7) is 3.80. The van der Waals surface area contributed by atoms with Crippen LogP contribution in [0.2, 0.25) is 0 Å². The van der Waals surface area contributed by atoms with Gasteiger partial charge in [-0.05, 0) is 13.0 Å². The average molecular weight is 327 g/mol. The molecule has 7 heteroatoms. The van der Waals surface area contributed by atoms with E-state index in [-0.39, 0.29) is 6.10 Å². The minimum absolute atomic E-state index is 0.193. The summed E-state index contributed by atoms with van der Waals surface area (Å²) in [7, 11) is 0. The molecular weight excluding hydrogens is 310 g/mol. The van der Waals surface area contributed by atoms with Gasteiger partial charge in [-0.3, -0.25) is 9.97 Å². The maximum atomic E-state index is 5.95. The minimum Gasteiger partial charge on any atom is -0.473 e. The van der Waals surface area contributed by atoms with Crippen LogP contribution in [0.3, 0.4) is 0 Å². The quantitative estimate of drug-likeness (QED) is 0.737. The molecule has 0 amide bonds. The number of aromatic nitrogens is 4. The highest BCUT2D eigenvalue weighted by Gasteiger charge is 2.23. The van der Waals surface area contributed by atoms with Gasteiger partial charge in [0.25, 0.3) is 0 Å². The summed E-state index contributed by atoms with van der Waals surface area (Å²) in [5.74, 6) is 0.620. The molecule has 0 atom stereocenters. The third kappa shape index (κ3) is 3.10. The van der Waals surface area contributed by atoms with Crippen LogP contribution in [-0.2, 0) is 0 Å². The van der Waals surface area contributed by atoms with Crippen molar-refractivity contribution in [3.63, 3.8) is 0 Å². The number of piperidine rings is 1. The van der Waals surface area contributed by atoms with E-state index in [9.17, 15) is 0 Å². The maximum Gasteiger partial charge on any atom is 0.232 e. The molecule has 1 aliphatic rings. The highest BCUT2D eigenvalue weighted by molar-refractivity contribution is 7.22. The van der Waals surface area contributed by atoms with Gasteiger partial charge in [-0.25, -0.2) is 9.97 Å². The summed E-state index contributed by atoms with van der Waals surface area (Å²) in [4.78, 5) is 19.6. The number of fused-ring (bicyclic) bond motifs is 1. The number of nitrogens with zero attached hydrogens (tertiary/aromatic N) is 5.